The molecule has 0 aromatic heterocycles. The summed E-state index contributed by atoms with van der Waals surface area (Å²) in [6, 6.07) is 5.74. The summed E-state index contributed by atoms with van der Waals surface area (Å²) in [4.78, 5) is 16.3. The normalized spacial score (nSPS) is 15.5. The summed E-state index contributed by atoms with van der Waals surface area (Å²) in [5.74, 6) is 0.856. The molecule has 1 heterocycles. The highest BCUT2D eigenvalue weighted by atomic mass is 35.5. The molecular formula is C17H26ClN3O2. The minimum atomic E-state index is 0.0541. The number of unbranched alkanes of at least 4 members (excludes halogenated alkanes) is 1. The lowest BCUT2D eigenvalue weighted by Crippen LogP contribution is -2.51. The monoisotopic (exact) mass is 339 g/mol. The summed E-state index contributed by atoms with van der Waals surface area (Å²) in [6.45, 7) is 6.88. The van der Waals surface area contributed by atoms with E-state index in [2.05, 4.69) is 17.1 Å². The Morgan fingerprint density at radius 1 is 1.30 bits per heavy atom. The molecule has 6 heteroatoms. The number of nitrogens with zero attached hydrogens (tertiary/aromatic N) is 2. The fraction of sp³-hybridized carbons (Fsp3) is 0.588. The van der Waals surface area contributed by atoms with Gasteiger partial charge in [0.1, 0.15) is 5.75 Å². The van der Waals surface area contributed by atoms with E-state index in [9.17, 15) is 4.79 Å². The Balaban J connectivity index is 1.83. The Kier molecular flexibility index (Phi) is 6.99. The summed E-state index contributed by atoms with van der Waals surface area (Å²) in [6.07, 6.45) is 2.12. The Morgan fingerprint density at radius 3 is 2.70 bits per heavy atom. The van der Waals surface area contributed by atoms with E-state index in [1.54, 1.807) is 7.11 Å². The largest absolute Gasteiger partial charge is 0.496 e. The Morgan fingerprint density at radius 2 is 2.04 bits per heavy atom. The zero-order valence-corrected chi connectivity index (χ0v) is 14.7. The number of hydrogen-bond acceptors (Lipinski definition) is 3. The molecule has 1 aromatic rings. The maximum Gasteiger partial charge on any atom is 0.317 e. The molecule has 1 aliphatic heterocycles. The van der Waals surface area contributed by atoms with Crippen LogP contribution < -0.4 is 10.1 Å². The third kappa shape index (κ3) is 5.29. The summed E-state index contributed by atoms with van der Waals surface area (Å²) in [5, 5.41) is 3.69. The first kappa shape index (κ1) is 17.9. The van der Waals surface area contributed by atoms with Crippen molar-refractivity contribution in [1.29, 1.82) is 0 Å². The molecule has 0 spiro atoms. The van der Waals surface area contributed by atoms with Crippen LogP contribution in [0.3, 0.4) is 0 Å². The maximum atomic E-state index is 12.0. The first-order chi connectivity index (χ1) is 11.1. The van der Waals surface area contributed by atoms with Crippen LogP contribution in [0.5, 0.6) is 5.75 Å². The van der Waals surface area contributed by atoms with Gasteiger partial charge >= 0.3 is 6.03 Å². The lowest BCUT2D eigenvalue weighted by Gasteiger charge is -2.35. The van der Waals surface area contributed by atoms with Crippen LogP contribution in [0.15, 0.2) is 18.2 Å². The van der Waals surface area contributed by atoms with Gasteiger partial charge in [0.15, 0.2) is 0 Å². The molecule has 0 atom stereocenters. The van der Waals surface area contributed by atoms with Crippen molar-refractivity contribution in [2.75, 3.05) is 39.8 Å². The van der Waals surface area contributed by atoms with E-state index in [0.29, 0.717) is 0 Å². The van der Waals surface area contributed by atoms with Crippen molar-refractivity contribution in [2.45, 2.75) is 26.3 Å². The minimum Gasteiger partial charge on any atom is -0.496 e. The summed E-state index contributed by atoms with van der Waals surface area (Å²) >= 11 is 6.08. The molecule has 2 amide bonds. The quantitative estimate of drug-likeness (QED) is 0.810. The molecule has 2 rings (SSSR count). The molecule has 1 aromatic carbocycles. The van der Waals surface area contributed by atoms with Gasteiger partial charge in [-0.1, -0.05) is 24.9 Å². The van der Waals surface area contributed by atoms with Crippen molar-refractivity contribution in [2.24, 2.45) is 0 Å². The van der Waals surface area contributed by atoms with Crippen molar-refractivity contribution in [3.8, 4) is 5.75 Å². The van der Waals surface area contributed by atoms with Gasteiger partial charge in [-0.25, -0.2) is 4.79 Å². The van der Waals surface area contributed by atoms with Crippen molar-refractivity contribution < 1.29 is 9.53 Å². The lowest BCUT2D eigenvalue weighted by molar-refractivity contribution is 0.134. The number of ether oxygens (including phenoxy) is 1. The van der Waals surface area contributed by atoms with E-state index >= 15 is 0 Å². The fourth-order valence-electron chi connectivity index (χ4n) is 2.70. The Labute approximate surface area is 143 Å². The predicted octanol–water partition coefficient (Wildman–Crippen LogP) is 2.98. The number of hydrogen-bond donors (Lipinski definition) is 1. The van der Waals surface area contributed by atoms with Gasteiger partial charge in [-0.15, -0.1) is 0 Å². The van der Waals surface area contributed by atoms with E-state index in [1.807, 2.05) is 23.1 Å². The van der Waals surface area contributed by atoms with Crippen LogP contribution in [0.2, 0.25) is 5.02 Å². The van der Waals surface area contributed by atoms with Gasteiger partial charge < -0.3 is 15.0 Å². The van der Waals surface area contributed by atoms with Gasteiger partial charge in [0.25, 0.3) is 0 Å². The SMILES string of the molecule is CCCCNC(=O)N1CCN(Cc2cc(Cl)ccc2OC)CC1. The number of halogens is 1. The maximum absolute atomic E-state index is 12.0. The second-order valence-electron chi connectivity index (χ2n) is 5.80. The molecule has 1 aliphatic rings. The van der Waals surface area contributed by atoms with Crippen molar-refractivity contribution >= 4 is 17.6 Å². The molecule has 0 unspecified atom stereocenters. The highest BCUT2D eigenvalue weighted by molar-refractivity contribution is 6.30. The minimum absolute atomic E-state index is 0.0541. The van der Waals surface area contributed by atoms with Crippen LogP contribution in [0.4, 0.5) is 4.79 Å². The molecule has 1 fully saturated rings. The summed E-state index contributed by atoms with van der Waals surface area (Å²) in [5.41, 5.74) is 1.08. The number of methoxy groups -OCH3 is 1. The first-order valence-corrected chi connectivity index (χ1v) is 8.59. The highest BCUT2D eigenvalue weighted by Crippen LogP contribution is 2.24. The van der Waals surface area contributed by atoms with Crippen molar-refractivity contribution in [3.05, 3.63) is 28.8 Å². The second-order valence-corrected chi connectivity index (χ2v) is 6.24. The van der Waals surface area contributed by atoms with Crippen LogP contribution in [-0.4, -0.2) is 55.7 Å². The summed E-state index contributed by atoms with van der Waals surface area (Å²) < 4.78 is 5.40. The third-order valence-corrected chi connectivity index (χ3v) is 4.34. The highest BCUT2D eigenvalue weighted by Gasteiger charge is 2.21. The smallest absolute Gasteiger partial charge is 0.317 e. The second kappa shape index (κ2) is 8.99. The number of urea groups is 1. The molecule has 1 N–H and O–H groups in total. The number of nitrogens with one attached hydrogen (secondary N) is 1. The first-order valence-electron chi connectivity index (χ1n) is 8.21. The standard InChI is InChI=1S/C17H26ClN3O2/c1-3-4-7-19-17(22)21-10-8-20(9-11-21)13-14-12-15(18)5-6-16(14)23-2/h5-6,12H,3-4,7-11,13H2,1-2H3,(H,19,22). The lowest BCUT2D eigenvalue weighted by atomic mass is 10.1. The van der Waals surface area contributed by atoms with E-state index in [4.69, 9.17) is 16.3 Å². The predicted molar refractivity (Wildman–Crippen MR) is 93.2 cm³/mol. The van der Waals surface area contributed by atoms with Gasteiger partial charge in [0.2, 0.25) is 0 Å². The van der Waals surface area contributed by atoms with Gasteiger partial charge in [0.05, 0.1) is 7.11 Å². The molecule has 0 aliphatic carbocycles. The molecule has 1 saturated heterocycles. The van der Waals surface area contributed by atoms with Crippen LogP contribution in [0.25, 0.3) is 0 Å². The molecule has 23 heavy (non-hydrogen) atoms. The van der Waals surface area contributed by atoms with Gasteiger partial charge in [-0.05, 0) is 24.6 Å². The van der Waals surface area contributed by atoms with Crippen LogP contribution >= 0.6 is 11.6 Å². The third-order valence-electron chi connectivity index (χ3n) is 4.10. The number of benzene rings is 1. The van der Waals surface area contributed by atoms with Crippen molar-refractivity contribution in [3.63, 3.8) is 0 Å². The van der Waals surface area contributed by atoms with E-state index in [0.717, 1.165) is 68.4 Å². The zero-order valence-electron chi connectivity index (χ0n) is 14.0. The van der Waals surface area contributed by atoms with Crippen LogP contribution in [-0.2, 0) is 6.54 Å². The molecule has 0 radical (unpaired) electrons. The van der Waals surface area contributed by atoms with Gasteiger partial charge in [-0.2, -0.15) is 0 Å². The average molecular weight is 340 g/mol. The topological polar surface area (TPSA) is 44.8 Å². The number of carbonyl (C=O) groups excluding carboxylic acids is 1. The molecule has 5 nitrogen and oxygen atoms in total. The van der Waals surface area contributed by atoms with E-state index < -0.39 is 0 Å². The Hall–Kier alpha value is -1.46. The molecule has 0 bridgehead atoms. The number of piperazine rings is 1. The van der Waals surface area contributed by atoms with E-state index in [-0.39, 0.29) is 6.03 Å². The summed E-state index contributed by atoms with van der Waals surface area (Å²) in [7, 11) is 1.67. The van der Waals surface area contributed by atoms with Gasteiger partial charge in [-0.3, -0.25) is 4.90 Å². The average Bonchev–Trinajstić information content (AvgIpc) is 2.56. The number of carbonyl (C=O) groups is 1. The fourth-order valence-corrected chi connectivity index (χ4v) is 2.90. The number of amides is 2. The van der Waals surface area contributed by atoms with Gasteiger partial charge in [0, 0.05) is 49.9 Å². The van der Waals surface area contributed by atoms with Crippen molar-refractivity contribution in [1.82, 2.24) is 15.1 Å². The van der Waals surface area contributed by atoms with Crippen LogP contribution in [0.1, 0.15) is 25.3 Å². The Bertz CT molecular complexity index is 517. The zero-order chi connectivity index (χ0) is 16.7. The molecular weight excluding hydrogens is 314 g/mol. The molecule has 128 valence electrons. The van der Waals surface area contributed by atoms with E-state index in [1.165, 1.54) is 0 Å². The van der Waals surface area contributed by atoms with Crippen LogP contribution in [0, 0.1) is 0 Å². The molecule has 0 saturated carbocycles. The number of rotatable bonds is 6.